The Bertz CT molecular complexity index is 409. The number of nitrogens with two attached hydrogens (primary N) is 1. The molecule has 0 radical (unpaired) electrons. The molecule has 1 aliphatic heterocycles. The molecule has 1 aromatic carbocycles. The molecule has 1 unspecified atom stereocenters. The molecular weight excluding hydrogens is 224 g/mol. The number of fused-ring (bicyclic) bond motifs is 1. The number of amides is 1. The van der Waals surface area contributed by atoms with E-state index in [2.05, 4.69) is 5.32 Å². The normalized spacial score (nSPS) is 16.5. The molecule has 1 amide bonds. The summed E-state index contributed by atoms with van der Waals surface area (Å²) in [4.78, 5) is 12.2. The topological polar surface area (TPSA) is 75.3 Å². The first-order chi connectivity index (χ1) is 7.69. The lowest BCUT2D eigenvalue weighted by atomic mass is 10.1. The monoisotopic (exact) mass is 238 g/mol. The van der Waals surface area contributed by atoms with Crippen molar-refractivity contribution in [2.45, 2.75) is 17.4 Å². The molecule has 0 aromatic heterocycles. The second kappa shape index (κ2) is 4.86. The maximum atomic E-state index is 11.1. The summed E-state index contributed by atoms with van der Waals surface area (Å²) in [6.45, 7) is 0.265. The van der Waals surface area contributed by atoms with Gasteiger partial charge in [-0.3, -0.25) is 4.79 Å². The van der Waals surface area contributed by atoms with Crippen LogP contribution in [0.5, 0.6) is 0 Å². The Morgan fingerprint density at radius 3 is 3.12 bits per heavy atom. The Hall–Kier alpha value is -1.04. The van der Waals surface area contributed by atoms with Crippen LogP contribution in [0.4, 0.5) is 5.69 Å². The molecule has 1 atom stereocenters. The van der Waals surface area contributed by atoms with Gasteiger partial charge in [-0.1, -0.05) is 6.07 Å². The molecular formula is C11H14N2O2S. The van der Waals surface area contributed by atoms with Crippen LogP contribution >= 0.6 is 11.8 Å². The van der Waals surface area contributed by atoms with E-state index in [1.54, 1.807) is 0 Å². The van der Waals surface area contributed by atoms with E-state index < -0.39 is 6.10 Å². The van der Waals surface area contributed by atoms with E-state index in [1.807, 2.05) is 18.2 Å². The lowest BCUT2D eigenvalue weighted by Gasteiger charge is -2.17. The Kier molecular flexibility index (Phi) is 3.48. The second-order valence-electron chi connectivity index (χ2n) is 3.76. The van der Waals surface area contributed by atoms with E-state index in [9.17, 15) is 9.90 Å². The minimum atomic E-state index is -0.499. The summed E-state index contributed by atoms with van der Waals surface area (Å²) in [6.07, 6.45) is 0.0550. The highest BCUT2D eigenvalue weighted by molar-refractivity contribution is 8.00. The first-order valence-corrected chi connectivity index (χ1v) is 6.11. The average molecular weight is 238 g/mol. The quantitative estimate of drug-likeness (QED) is 0.720. The van der Waals surface area contributed by atoms with Gasteiger partial charge in [0.1, 0.15) is 0 Å². The highest BCUT2D eigenvalue weighted by atomic mass is 32.2. The van der Waals surface area contributed by atoms with E-state index >= 15 is 0 Å². The van der Waals surface area contributed by atoms with Crippen LogP contribution in [0.15, 0.2) is 23.1 Å². The zero-order valence-corrected chi connectivity index (χ0v) is 9.59. The number of benzene rings is 1. The Balaban J connectivity index is 2.16. The highest BCUT2D eigenvalue weighted by Gasteiger charge is 2.15. The standard InChI is InChI=1S/C11H14N2O2S/c12-5-8(14)3-7-1-2-9-10(4-7)16-6-11(15)13-9/h1-2,4,8,14H,3,5-6,12H2,(H,13,15). The summed E-state index contributed by atoms with van der Waals surface area (Å²) >= 11 is 1.52. The van der Waals surface area contributed by atoms with Crippen LogP contribution in [0.25, 0.3) is 0 Å². The lowest BCUT2D eigenvalue weighted by molar-refractivity contribution is -0.113. The van der Waals surface area contributed by atoms with Crippen molar-refractivity contribution in [3.63, 3.8) is 0 Å². The van der Waals surface area contributed by atoms with Crippen LogP contribution < -0.4 is 11.1 Å². The number of aliphatic hydroxyl groups excluding tert-OH is 1. The summed E-state index contributed by atoms with van der Waals surface area (Å²) in [5.74, 6) is 0.489. The molecule has 4 N–H and O–H groups in total. The molecule has 1 aliphatic rings. The maximum Gasteiger partial charge on any atom is 0.234 e. The minimum Gasteiger partial charge on any atom is -0.391 e. The van der Waals surface area contributed by atoms with Crippen molar-refractivity contribution >= 4 is 23.4 Å². The highest BCUT2D eigenvalue weighted by Crippen LogP contribution is 2.32. The Morgan fingerprint density at radius 2 is 2.38 bits per heavy atom. The summed E-state index contributed by atoms with van der Waals surface area (Å²) < 4.78 is 0. The first kappa shape index (κ1) is 11.4. The van der Waals surface area contributed by atoms with Gasteiger partial charge >= 0.3 is 0 Å². The van der Waals surface area contributed by atoms with Crippen LogP contribution in [0.1, 0.15) is 5.56 Å². The third-order valence-corrected chi connectivity index (χ3v) is 3.48. The molecule has 0 spiro atoms. The van der Waals surface area contributed by atoms with Gasteiger partial charge in [0, 0.05) is 11.4 Å². The van der Waals surface area contributed by atoms with Crippen LogP contribution in [-0.4, -0.2) is 29.4 Å². The molecule has 4 nitrogen and oxygen atoms in total. The fraction of sp³-hybridized carbons (Fsp3) is 0.364. The second-order valence-corrected chi connectivity index (χ2v) is 4.78. The van der Waals surface area contributed by atoms with Crippen molar-refractivity contribution in [3.05, 3.63) is 23.8 Å². The third-order valence-electron chi connectivity index (χ3n) is 2.42. The van der Waals surface area contributed by atoms with Gasteiger partial charge in [-0.25, -0.2) is 0 Å². The molecule has 0 bridgehead atoms. The number of carbonyl (C=O) groups excluding carboxylic acids is 1. The molecule has 1 heterocycles. The number of hydrogen-bond acceptors (Lipinski definition) is 4. The first-order valence-electron chi connectivity index (χ1n) is 5.13. The number of carbonyl (C=O) groups is 1. The number of thioether (sulfide) groups is 1. The summed E-state index contributed by atoms with van der Waals surface area (Å²) in [6, 6.07) is 5.78. The van der Waals surface area contributed by atoms with Gasteiger partial charge in [-0.15, -0.1) is 11.8 Å². The van der Waals surface area contributed by atoms with Crippen LogP contribution in [0, 0.1) is 0 Å². The number of hydrogen-bond donors (Lipinski definition) is 3. The van der Waals surface area contributed by atoms with Gasteiger partial charge in [0.05, 0.1) is 17.5 Å². The summed E-state index contributed by atoms with van der Waals surface area (Å²) in [7, 11) is 0. The van der Waals surface area contributed by atoms with E-state index in [1.165, 1.54) is 11.8 Å². The Labute approximate surface area is 98.2 Å². The van der Waals surface area contributed by atoms with Crippen molar-refractivity contribution in [2.24, 2.45) is 5.73 Å². The smallest absolute Gasteiger partial charge is 0.234 e. The van der Waals surface area contributed by atoms with Gasteiger partial charge < -0.3 is 16.2 Å². The number of rotatable bonds is 3. The SMILES string of the molecule is NCC(O)Cc1ccc2c(c1)SCC(=O)N2. The molecule has 0 saturated carbocycles. The maximum absolute atomic E-state index is 11.1. The Morgan fingerprint density at radius 1 is 1.56 bits per heavy atom. The molecule has 1 aromatic rings. The van der Waals surface area contributed by atoms with Gasteiger partial charge in [-0.2, -0.15) is 0 Å². The zero-order valence-electron chi connectivity index (χ0n) is 8.77. The minimum absolute atomic E-state index is 0.0345. The molecule has 0 aliphatic carbocycles. The van der Waals surface area contributed by atoms with Crippen molar-refractivity contribution in [1.82, 2.24) is 0 Å². The van der Waals surface area contributed by atoms with Crippen molar-refractivity contribution in [1.29, 1.82) is 0 Å². The van der Waals surface area contributed by atoms with Crippen molar-refractivity contribution < 1.29 is 9.90 Å². The van der Waals surface area contributed by atoms with Gasteiger partial charge in [-0.05, 0) is 24.1 Å². The molecule has 86 valence electrons. The fourth-order valence-electron chi connectivity index (χ4n) is 1.60. The largest absolute Gasteiger partial charge is 0.391 e. The molecule has 2 rings (SSSR count). The predicted octanol–water partition coefficient (Wildman–Crippen LogP) is 0.593. The summed E-state index contributed by atoms with van der Waals surface area (Å²) in [5.41, 5.74) is 7.26. The summed E-state index contributed by atoms with van der Waals surface area (Å²) in [5, 5.41) is 12.3. The van der Waals surface area contributed by atoms with E-state index in [0.29, 0.717) is 12.2 Å². The molecule has 16 heavy (non-hydrogen) atoms. The third kappa shape index (κ3) is 2.55. The average Bonchev–Trinajstić information content (AvgIpc) is 2.29. The fourth-order valence-corrected chi connectivity index (χ4v) is 2.47. The van der Waals surface area contributed by atoms with Gasteiger partial charge in [0.25, 0.3) is 0 Å². The van der Waals surface area contributed by atoms with E-state index in [-0.39, 0.29) is 12.5 Å². The number of nitrogens with one attached hydrogen (secondary N) is 1. The van der Waals surface area contributed by atoms with Gasteiger partial charge in [0.15, 0.2) is 0 Å². The van der Waals surface area contributed by atoms with Crippen LogP contribution in [-0.2, 0) is 11.2 Å². The van der Waals surface area contributed by atoms with Gasteiger partial charge in [0.2, 0.25) is 5.91 Å². The zero-order chi connectivity index (χ0) is 11.5. The molecule has 5 heteroatoms. The van der Waals surface area contributed by atoms with Crippen LogP contribution in [0.3, 0.4) is 0 Å². The number of aliphatic hydroxyl groups is 1. The van der Waals surface area contributed by atoms with Crippen LogP contribution in [0.2, 0.25) is 0 Å². The van der Waals surface area contributed by atoms with Crippen molar-refractivity contribution in [2.75, 3.05) is 17.6 Å². The molecule has 0 fully saturated rings. The van der Waals surface area contributed by atoms with Crippen molar-refractivity contribution in [3.8, 4) is 0 Å². The van der Waals surface area contributed by atoms with E-state index in [0.717, 1.165) is 16.1 Å². The van der Waals surface area contributed by atoms with E-state index in [4.69, 9.17) is 5.73 Å². The predicted molar refractivity (Wildman–Crippen MR) is 64.6 cm³/mol. The number of anilines is 1. The molecule has 0 saturated heterocycles. The lowest BCUT2D eigenvalue weighted by Crippen LogP contribution is -2.22.